The molecule has 0 aliphatic heterocycles. The summed E-state index contributed by atoms with van der Waals surface area (Å²) in [7, 11) is 0. The van der Waals surface area contributed by atoms with Crippen LogP contribution >= 0.6 is 0 Å². The largest absolute Gasteiger partial charge is 0.290 e. The van der Waals surface area contributed by atoms with Gasteiger partial charge in [-0.05, 0) is 35.4 Å². The molecular formula is C14H14N4O2. The van der Waals surface area contributed by atoms with Crippen molar-refractivity contribution in [1.29, 1.82) is 0 Å². The molecule has 0 atom stereocenters. The first kappa shape index (κ1) is 13.7. The predicted octanol–water partition coefficient (Wildman–Crippen LogP) is 0.561. The minimum absolute atomic E-state index is 0.372. The summed E-state index contributed by atoms with van der Waals surface area (Å²) in [6.07, 6.45) is 0. The number of amides is 2. The number of nitrogens with one attached hydrogen (secondary N) is 2. The maximum absolute atomic E-state index is 11.5. The van der Waals surface area contributed by atoms with Gasteiger partial charge in [-0.15, -0.1) is 0 Å². The third-order valence-corrected chi connectivity index (χ3v) is 2.85. The average Bonchev–Trinajstić information content (AvgIpc) is 2.53. The lowest BCUT2D eigenvalue weighted by atomic mass is 10.0. The van der Waals surface area contributed by atoms with Gasteiger partial charge in [0.2, 0.25) is 0 Å². The summed E-state index contributed by atoms with van der Waals surface area (Å²) in [6.45, 7) is 0. The molecule has 6 nitrogen and oxygen atoms in total. The molecule has 2 rings (SSSR count). The molecule has 0 bridgehead atoms. The Bertz CT molecular complexity index is 598. The van der Waals surface area contributed by atoms with Crippen molar-refractivity contribution in [3.8, 4) is 11.1 Å². The van der Waals surface area contributed by atoms with E-state index in [2.05, 4.69) is 10.9 Å². The summed E-state index contributed by atoms with van der Waals surface area (Å²) in [5.74, 6) is 9.47. The van der Waals surface area contributed by atoms with Gasteiger partial charge in [0.05, 0.1) is 0 Å². The summed E-state index contributed by atoms with van der Waals surface area (Å²) in [6, 6.07) is 13.9. The van der Waals surface area contributed by atoms with E-state index >= 15 is 0 Å². The molecule has 0 aromatic heterocycles. The molecule has 6 N–H and O–H groups in total. The summed E-state index contributed by atoms with van der Waals surface area (Å²) in [5.41, 5.74) is 6.65. The number of benzene rings is 2. The number of hydrogen-bond acceptors (Lipinski definition) is 4. The van der Waals surface area contributed by atoms with Crippen LogP contribution in [0.4, 0.5) is 0 Å². The van der Waals surface area contributed by atoms with Crippen LogP contribution in [0, 0.1) is 0 Å². The van der Waals surface area contributed by atoms with Gasteiger partial charge in [-0.25, -0.2) is 11.7 Å². The average molecular weight is 270 g/mol. The van der Waals surface area contributed by atoms with Gasteiger partial charge in [-0.2, -0.15) is 0 Å². The molecular weight excluding hydrogens is 256 g/mol. The first-order valence-electron chi connectivity index (χ1n) is 5.88. The van der Waals surface area contributed by atoms with E-state index in [-0.39, 0.29) is 11.8 Å². The monoisotopic (exact) mass is 270 g/mol. The van der Waals surface area contributed by atoms with E-state index in [1.807, 2.05) is 12.1 Å². The highest BCUT2D eigenvalue weighted by Crippen LogP contribution is 2.21. The Morgan fingerprint density at radius 2 is 1.15 bits per heavy atom. The molecule has 2 amide bonds. The minimum atomic E-state index is -0.372. The molecule has 0 fully saturated rings. The van der Waals surface area contributed by atoms with Gasteiger partial charge >= 0.3 is 0 Å². The van der Waals surface area contributed by atoms with Crippen LogP contribution in [0.2, 0.25) is 0 Å². The second-order valence-electron chi connectivity index (χ2n) is 4.11. The number of carbonyl (C=O) groups excluding carboxylic acids is 2. The third-order valence-electron chi connectivity index (χ3n) is 2.85. The minimum Gasteiger partial charge on any atom is -0.290 e. The Hall–Kier alpha value is -2.70. The molecule has 2 aromatic carbocycles. The SMILES string of the molecule is NNC(=O)c1cccc(-c2cccc(C(=O)NN)c2)c1. The van der Waals surface area contributed by atoms with Gasteiger partial charge < -0.3 is 0 Å². The van der Waals surface area contributed by atoms with E-state index in [1.165, 1.54) is 0 Å². The van der Waals surface area contributed by atoms with Crippen LogP contribution in [0.1, 0.15) is 20.7 Å². The zero-order chi connectivity index (χ0) is 14.5. The summed E-state index contributed by atoms with van der Waals surface area (Å²) in [5, 5.41) is 0. The third kappa shape index (κ3) is 2.82. The number of nitrogen functional groups attached to an aromatic ring is 2. The topological polar surface area (TPSA) is 110 Å². The molecule has 6 heteroatoms. The molecule has 0 radical (unpaired) electrons. The highest BCUT2D eigenvalue weighted by molar-refractivity contribution is 5.96. The van der Waals surface area contributed by atoms with Gasteiger partial charge in [0, 0.05) is 11.1 Å². The van der Waals surface area contributed by atoms with Crippen LogP contribution in [0.5, 0.6) is 0 Å². The fraction of sp³-hybridized carbons (Fsp3) is 0. The normalized spacial score (nSPS) is 9.90. The number of hydrazine groups is 2. The van der Waals surface area contributed by atoms with Gasteiger partial charge in [-0.1, -0.05) is 24.3 Å². The maximum Gasteiger partial charge on any atom is 0.265 e. The van der Waals surface area contributed by atoms with Crippen LogP contribution in [0.3, 0.4) is 0 Å². The molecule has 20 heavy (non-hydrogen) atoms. The van der Waals surface area contributed by atoms with Gasteiger partial charge in [0.15, 0.2) is 0 Å². The first-order chi connectivity index (χ1) is 9.65. The van der Waals surface area contributed by atoms with Crippen LogP contribution in [-0.4, -0.2) is 11.8 Å². The van der Waals surface area contributed by atoms with Crippen molar-refractivity contribution in [2.75, 3.05) is 0 Å². The van der Waals surface area contributed by atoms with E-state index in [9.17, 15) is 9.59 Å². The van der Waals surface area contributed by atoms with Crippen LogP contribution in [0.25, 0.3) is 11.1 Å². The van der Waals surface area contributed by atoms with Gasteiger partial charge in [0.1, 0.15) is 0 Å². The van der Waals surface area contributed by atoms with Crippen LogP contribution < -0.4 is 22.5 Å². The van der Waals surface area contributed by atoms with E-state index in [0.717, 1.165) is 11.1 Å². The fourth-order valence-corrected chi connectivity index (χ4v) is 1.85. The van der Waals surface area contributed by atoms with Crippen molar-refractivity contribution in [3.05, 3.63) is 59.7 Å². The molecule has 0 saturated heterocycles. The van der Waals surface area contributed by atoms with Crippen molar-refractivity contribution in [1.82, 2.24) is 10.9 Å². The molecule has 0 spiro atoms. The molecule has 0 saturated carbocycles. The van der Waals surface area contributed by atoms with E-state index < -0.39 is 0 Å². The number of hydrogen-bond donors (Lipinski definition) is 4. The Morgan fingerprint density at radius 1 is 0.750 bits per heavy atom. The Kier molecular flexibility index (Phi) is 4.09. The van der Waals surface area contributed by atoms with Crippen molar-refractivity contribution in [2.45, 2.75) is 0 Å². The molecule has 0 aliphatic rings. The molecule has 2 aromatic rings. The summed E-state index contributed by atoms with van der Waals surface area (Å²) < 4.78 is 0. The molecule has 0 heterocycles. The lowest BCUT2D eigenvalue weighted by molar-refractivity contribution is 0.0945. The Morgan fingerprint density at radius 3 is 1.50 bits per heavy atom. The number of carbonyl (C=O) groups is 2. The standard InChI is InChI=1S/C14H14N4O2/c15-17-13(19)11-5-1-3-9(7-11)10-4-2-6-12(8-10)14(20)18-16/h1-8H,15-16H2,(H,17,19)(H,18,20). The highest BCUT2D eigenvalue weighted by Gasteiger charge is 2.08. The lowest BCUT2D eigenvalue weighted by Crippen LogP contribution is -2.30. The second-order valence-corrected chi connectivity index (χ2v) is 4.11. The zero-order valence-electron chi connectivity index (χ0n) is 10.6. The van der Waals surface area contributed by atoms with Crippen molar-refractivity contribution in [3.63, 3.8) is 0 Å². The van der Waals surface area contributed by atoms with Gasteiger partial charge in [0.25, 0.3) is 11.8 Å². The summed E-state index contributed by atoms with van der Waals surface area (Å²) >= 11 is 0. The first-order valence-corrected chi connectivity index (χ1v) is 5.88. The number of rotatable bonds is 3. The Labute approximate surface area is 115 Å². The summed E-state index contributed by atoms with van der Waals surface area (Å²) in [4.78, 5) is 23.0. The van der Waals surface area contributed by atoms with Crippen molar-refractivity contribution >= 4 is 11.8 Å². The molecule has 0 unspecified atom stereocenters. The van der Waals surface area contributed by atoms with E-state index in [0.29, 0.717) is 11.1 Å². The van der Waals surface area contributed by atoms with E-state index in [1.54, 1.807) is 36.4 Å². The van der Waals surface area contributed by atoms with Gasteiger partial charge in [-0.3, -0.25) is 20.4 Å². The Balaban J connectivity index is 2.41. The van der Waals surface area contributed by atoms with E-state index in [4.69, 9.17) is 11.7 Å². The van der Waals surface area contributed by atoms with Crippen molar-refractivity contribution < 1.29 is 9.59 Å². The predicted molar refractivity (Wildman–Crippen MR) is 75.2 cm³/mol. The molecule has 102 valence electrons. The zero-order valence-corrected chi connectivity index (χ0v) is 10.6. The number of nitrogens with two attached hydrogens (primary N) is 2. The quantitative estimate of drug-likeness (QED) is 0.371. The van der Waals surface area contributed by atoms with Crippen molar-refractivity contribution in [2.24, 2.45) is 11.7 Å². The maximum atomic E-state index is 11.5. The van der Waals surface area contributed by atoms with Crippen LogP contribution in [0.15, 0.2) is 48.5 Å². The van der Waals surface area contributed by atoms with Crippen LogP contribution in [-0.2, 0) is 0 Å². The second kappa shape index (κ2) is 5.96. The lowest BCUT2D eigenvalue weighted by Gasteiger charge is -2.06. The smallest absolute Gasteiger partial charge is 0.265 e. The molecule has 0 aliphatic carbocycles. The fourth-order valence-electron chi connectivity index (χ4n) is 1.85. The highest BCUT2D eigenvalue weighted by atomic mass is 16.2.